The zero-order chi connectivity index (χ0) is 21.6. The number of fused-ring (bicyclic) bond motifs is 6. The van der Waals surface area contributed by atoms with Crippen LogP contribution in [0.2, 0.25) is 5.02 Å². The highest BCUT2D eigenvalue weighted by Gasteiger charge is 2.53. The second kappa shape index (κ2) is 7.61. The Hall–Kier alpha value is -2.98. The monoisotopic (exact) mass is 433 g/mol. The van der Waals surface area contributed by atoms with Crippen molar-refractivity contribution in [2.24, 2.45) is 0 Å². The molecule has 0 bridgehead atoms. The molecule has 0 saturated carbocycles. The van der Waals surface area contributed by atoms with Gasteiger partial charge in [0.1, 0.15) is 11.5 Å². The molecule has 1 spiro atoms. The summed E-state index contributed by atoms with van der Waals surface area (Å²) in [5.41, 5.74) is 2.99. The van der Waals surface area contributed by atoms with Crippen LogP contribution < -0.4 is 9.64 Å². The molecule has 0 saturated heterocycles. The van der Waals surface area contributed by atoms with Gasteiger partial charge in [0, 0.05) is 46.6 Å². The third kappa shape index (κ3) is 3.01. The van der Waals surface area contributed by atoms with E-state index in [1.807, 2.05) is 42.5 Å². The second-order valence-electron chi connectivity index (χ2n) is 8.03. The number of esters is 1. The van der Waals surface area contributed by atoms with Crippen molar-refractivity contribution < 1.29 is 14.3 Å². The molecule has 5 heteroatoms. The van der Waals surface area contributed by atoms with Crippen molar-refractivity contribution >= 4 is 23.3 Å². The lowest BCUT2D eigenvalue weighted by Gasteiger charge is -2.37. The number of ether oxygens (including phenoxy) is 2. The smallest absolute Gasteiger partial charge is 0.340 e. The number of nitrogens with zero attached hydrogens (tertiary/aromatic N) is 1. The van der Waals surface area contributed by atoms with Gasteiger partial charge in [-0.05, 0) is 49.2 Å². The maximum atomic E-state index is 12.9. The van der Waals surface area contributed by atoms with Crippen LogP contribution in [0.15, 0.2) is 60.7 Å². The average Bonchev–Trinajstić information content (AvgIpc) is 3.07. The number of hydrogen-bond donors (Lipinski definition) is 0. The van der Waals surface area contributed by atoms with E-state index in [0.29, 0.717) is 22.1 Å². The van der Waals surface area contributed by atoms with Crippen LogP contribution in [0.1, 0.15) is 53.7 Å². The van der Waals surface area contributed by atoms with Gasteiger partial charge in [0.15, 0.2) is 5.60 Å². The molecule has 5 rings (SSSR count). The highest BCUT2D eigenvalue weighted by Crippen LogP contribution is 2.56. The Kier molecular flexibility index (Phi) is 4.90. The van der Waals surface area contributed by atoms with E-state index in [2.05, 4.69) is 30.9 Å². The Bertz CT molecular complexity index is 1170. The minimum atomic E-state index is -1.07. The quantitative estimate of drug-likeness (QED) is 0.428. The molecule has 2 aliphatic rings. The molecule has 0 aliphatic carbocycles. The van der Waals surface area contributed by atoms with Crippen molar-refractivity contribution in [1.29, 1.82) is 0 Å². The van der Waals surface area contributed by atoms with Crippen molar-refractivity contribution in [2.75, 3.05) is 18.0 Å². The van der Waals surface area contributed by atoms with Gasteiger partial charge in [0.05, 0.1) is 5.56 Å². The number of carbonyl (C=O) groups excluding carboxylic acids is 1. The molecule has 0 amide bonds. The van der Waals surface area contributed by atoms with E-state index in [4.69, 9.17) is 21.1 Å². The first-order valence-electron chi connectivity index (χ1n) is 10.8. The van der Waals surface area contributed by atoms with Crippen LogP contribution in [-0.4, -0.2) is 19.1 Å². The Morgan fingerprint density at radius 2 is 1.65 bits per heavy atom. The van der Waals surface area contributed by atoms with E-state index in [-0.39, 0.29) is 5.97 Å². The lowest BCUT2D eigenvalue weighted by Crippen LogP contribution is -2.33. The third-order valence-electron chi connectivity index (χ3n) is 6.01. The molecule has 31 heavy (non-hydrogen) atoms. The minimum absolute atomic E-state index is 0.336. The highest BCUT2D eigenvalue weighted by atomic mass is 35.5. The largest absolute Gasteiger partial charge is 0.456 e. The normalized spacial score (nSPS) is 18.1. The summed E-state index contributed by atoms with van der Waals surface area (Å²) in [4.78, 5) is 15.2. The van der Waals surface area contributed by atoms with Gasteiger partial charge in [0.2, 0.25) is 0 Å². The lowest BCUT2D eigenvalue weighted by atomic mass is 9.77. The number of rotatable bonds is 5. The van der Waals surface area contributed by atoms with Crippen LogP contribution >= 0.6 is 11.6 Å². The van der Waals surface area contributed by atoms with E-state index in [1.165, 1.54) is 0 Å². The first kappa shape index (κ1) is 20.0. The number of hydrogen-bond acceptors (Lipinski definition) is 4. The molecule has 3 aromatic carbocycles. The Balaban J connectivity index is 1.74. The molecule has 1 unspecified atom stereocenters. The zero-order valence-electron chi connectivity index (χ0n) is 17.7. The molecular formula is C26H24ClNO3. The molecule has 4 nitrogen and oxygen atoms in total. The third-order valence-corrected chi connectivity index (χ3v) is 6.24. The van der Waals surface area contributed by atoms with E-state index in [1.54, 1.807) is 6.07 Å². The summed E-state index contributed by atoms with van der Waals surface area (Å²) in [5, 5.41) is 0.569. The van der Waals surface area contributed by atoms with Gasteiger partial charge < -0.3 is 14.4 Å². The zero-order valence-corrected chi connectivity index (χ0v) is 18.4. The molecule has 0 aromatic heterocycles. The van der Waals surface area contributed by atoms with Crippen LogP contribution in [0.3, 0.4) is 0 Å². The van der Waals surface area contributed by atoms with Crippen LogP contribution in [0.4, 0.5) is 5.69 Å². The predicted octanol–water partition coefficient (Wildman–Crippen LogP) is 6.53. The van der Waals surface area contributed by atoms with Crippen LogP contribution in [0.5, 0.6) is 11.5 Å². The standard InChI is InChI=1S/C26H24ClNO3/c1-3-13-28(14-4-2)18-10-11-21-24(16-18)30-23-12-9-17(27)15-22(23)26(21)20-8-6-5-7-19(20)25(29)31-26/h5-12,15-16H,3-4,13-14H2,1-2H3. The topological polar surface area (TPSA) is 38.8 Å². The molecule has 1 atom stereocenters. The first-order chi connectivity index (χ1) is 15.1. The Morgan fingerprint density at radius 3 is 2.42 bits per heavy atom. The van der Waals surface area contributed by atoms with Crippen LogP contribution in [-0.2, 0) is 10.3 Å². The van der Waals surface area contributed by atoms with E-state index < -0.39 is 5.60 Å². The summed E-state index contributed by atoms with van der Waals surface area (Å²) in [5.74, 6) is 1.02. The van der Waals surface area contributed by atoms with E-state index >= 15 is 0 Å². The van der Waals surface area contributed by atoms with E-state index in [0.717, 1.165) is 48.3 Å². The first-order valence-corrected chi connectivity index (χ1v) is 11.2. The minimum Gasteiger partial charge on any atom is -0.456 e. The van der Waals surface area contributed by atoms with Crippen LogP contribution in [0.25, 0.3) is 0 Å². The molecular weight excluding hydrogens is 410 g/mol. The van der Waals surface area contributed by atoms with Gasteiger partial charge in [-0.1, -0.05) is 43.6 Å². The maximum absolute atomic E-state index is 12.9. The van der Waals surface area contributed by atoms with Gasteiger partial charge >= 0.3 is 5.97 Å². The maximum Gasteiger partial charge on any atom is 0.340 e. The van der Waals surface area contributed by atoms with E-state index in [9.17, 15) is 4.79 Å². The second-order valence-corrected chi connectivity index (χ2v) is 8.46. The van der Waals surface area contributed by atoms with Gasteiger partial charge in [0.25, 0.3) is 0 Å². The molecule has 158 valence electrons. The molecule has 0 N–H and O–H groups in total. The fourth-order valence-electron chi connectivity index (χ4n) is 4.74. The fraction of sp³-hybridized carbons (Fsp3) is 0.269. The van der Waals surface area contributed by atoms with Crippen molar-refractivity contribution in [2.45, 2.75) is 32.3 Å². The van der Waals surface area contributed by atoms with Gasteiger partial charge in [-0.2, -0.15) is 0 Å². The fourth-order valence-corrected chi connectivity index (χ4v) is 4.91. The summed E-state index contributed by atoms with van der Waals surface area (Å²) < 4.78 is 12.5. The number of anilines is 1. The summed E-state index contributed by atoms with van der Waals surface area (Å²) in [7, 11) is 0. The summed E-state index contributed by atoms with van der Waals surface area (Å²) in [6.45, 7) is 6.31. The highest BCUT2D eigenvalue weighted by molar-refractivity contribution is 6.30. The average molecular weight is 434 g/mol. The summed E-state index contributed by atoms with van der Waals surface area (Å²) >= 11 is 6.36. The SMILES string of the molecule is CCCN(CCC)c1ccc2c(c1)Oc1ccc(Cl)cc1C21OC(=O)c2ccccc21. The van der Waals surface area contributed by atoms with Crippen molar-refractivity contribution in [3.8, 4) is 11.5 Å². The van der Waals surface area contributed by atoms with Crippen LogP contribution in [0, 0.1) is 0 Å². The number of halogens is 1. The van der Waals surface area contributed by atoms with Crippen molar-refractivity contribution in [3.63, 3.8) is 0 Å². The van der Waals surface area contributed by atoms with Gasteiger partial charge in [-0.3, -0.25) is 0 Å². The molecule has 2 heterocycles. The molecule has 2 aliphatic heterocycles. The Labute approximate surface area is 187 Å². The van der Waals surface area contributed by atoms with Gasteiger partial charge in [-0.15, -0.1) is 0 Å². The predicted molar refractivity (Wildman–Crippen MR) is 123 cm³/mol. The molecule has 0 radical (unpaired) electrons. The van der Waals surface area contributed by atoms with Crippen molar-refractivity contribution in [3.05, 3.63) is 87.9 Å². The van der Waals surface area contributed by atoms with Gasteiger partial charge in [-0.25, -0.2) is 4.79 Å². The Morgan fingerprint density at radius 1 is 0.871 bits per heavy atom. The number of benzene rings is 3. The molecule has 3 aromatic rings. The number of carbonyl (C=O) groups is 1. The molecule has 0 fully saturated rings. The lowest BCUT2D eigenvalue weighted by molar-refractivity contribution is 0.0224. The summed E-state index contributed by atoms with van der Waals surface area (Å²) in [6.07, 6.45) is 2.13. The van der Waals surface area contributed by atoms with Crippen molar-refractivity contribution in [1.82, 2.24) is 0 Å². The summed E-state index contributed by atoms with van der Waals surface area (Å²) in [6, 6.07) is 19.2.